The van der Waals surface area contributed by atoms with E-state index < -0.39 is 0 Å². The summed E-state index contributed by atoms with van der Waals surface area (Å²) in [5.41, 5.74) is 1.16. The van der Waals surface area contributed by atoms with Crippen LogP contribution in [-0.2, 0) is 0 Å². The van der Waals surface area contributed by atoms with E-state index in [1.165, 1.54) is 12.8 Å². The first-order valence-corrected chi connectivity index (χ1v) is 6.29. The molecule has 1 fully saturated rings. The second-order valence-electron chi connectivity index (χ2n) is 6.33. The van der Waals surface area contributed by atoms with E-state index in [-0.39, 0.29) is 0 Å². The highest BCUT2D eigenvalue weighted by Gasteiger charge is 2.59. The van der Waals surface area contributed by atoms with Crippen LogP contribution in [0.2, 0.25) is 0 Å². The molecule has 0 spiro atoms. The Morgan fingerprint density at radius 3 is 2.00 bits per heavy atom. The second-order valence-corrected chi connectivity index (χ2v) is 6.33. The van der Waals surface area contributed by atoms with E-state index in [0.29, 0.717) is 10.8 Å². The molecule has 1 aliphatic rings. The van der Waals surface area contributed by atoms with Crippen molar-refractivity contribution in [3.8, 4) is 0 Å². The number of hydrogen-bond donors (Lipinski definition) is 0. The van der Waals surface area contributed by atoms with Gasteiger partial charge in [0.2, 0.25) is 0 Å². The van der Waals surface area contributed by atoms with Gasteiger partial charge in [-0.15, -0.1) is 0 Å². The van der Waals surface area contributed by atoms with E-state index in [4.69, 9.17) is 0 Å². The lowest BCUT2D eigenvalue weighted by molar-refractivity contribution is 0.0497. The summed E-state index contributed by atoms with van der Waals surface area (Å²) >= 11 is 0. The summed E-state index contributed by atoms with van der Waals surface area (Å²) in [7, 11) is 0. The molecule has 1 saturated carbocycles. The van der Waals surface area contributed by atoms with Crippen LogP contribution in [0, 0.1) is 28.6 Å². The molecule has 0 N–H and O–H groups in total. The van der Waals surface area contributed by atoms with Gasteiger partial charge in [-0.2, -0.15) is 0 Å². The van der Waals surface area contributed by atoms with Crippen LogP contribution in [0.5, 0.6) is 0 Å². The van der Waals surface area contributed by atoms with Crippen LogP contribution in [0.3, 0.4) is 0 Å². The molecule has 0 radical (unpaired) electrons. The molecule has 14 heavy (non-hydrogen) atoms. The molecule has 0 aliphatic heterocycles. The van der Waals surface area contributed by atoms with Crippen molar-refractivity contribution in [2.45, 2.75) is 61.3 Å². The average molecular weight is 196 g/mol. The van der Waals surface area contributed by atoms with Crippen LogP contribution in [0.4, 0.5) is 0 Å². The molecule has 84 valence electrons. The molecule has 1 aliphatic carbocycles. The summed E-state index contributed by atoms with van der Waals surface area (Å²) in [5.74, 6) is 2.58. The van der Waals surface area contributed by atoms with Crippen molar-refractivity contribution >= 4 is 0 Å². The maximum atomic E-state index is 2.52. The molecule has 4 atom stereocenters. The van der Waals surface area contributed by atoms with E-state index in [1.54, 1.807) is 0 Å². The van der Waals surface area contributed by atoms with Gasteiger partial charge in [0.05, 0.1) is 0 Å². The van der Waals surface area contributed by atoms with Crippen molar-refractivity contribution < 1.29 is 0 Å². The largest absolute Gasteiger partial charge is 0.0648 e. The molecule has 0 bridgehead atoms. The third kappa shape index (κ3) is 1.51. The van der Waals surface area contributed by atoms with Gasteiger partial charge in [-0.1, -0.05) is 48.5 Å². The van der Waals surface area contributed by atoms with Gasteiger partial charge >= 0.3 is 0 Å². The van der Waals surface area contributed by atoms with Gasteiger partial charge in [-0.25, -0.2) is 0 Å². The standard InChI is InChI=1S/C14H28/c1-8-13(6,12(5)10(2)3)14(7)9-11(14)4/h10-12H,8-9H2,1-7H3. The second kappa shape index (κ2) is 3.54. The Morgan fingerprint density at radius 1 is 1.36 bits per heavy atom. The van der Waals surface area contributed by atoms with Crippen LogP contribution < -0.4 is 0 Å². The van der Waals surface area contributed by atoms with Gasteiger partial charge in [0.1, 0.15) is 0 Å². The smallest absolute Gasteiger partial charge is 0.0241 e. The van der Waals surface area contributed by atoms with Crippen molar-refractivity contribution in [2.24, 2.45) is 28.6 Å². The van der Waals surface area contributed by atoms with Crippen LogP contribution in [0.25, 0.3) is 0 Å². The molecule has 0 aromatic rings. The lowest BCUT2D eigenvalue weighted by atomic mass is 9.61. The molecule has 0 aromatic heterocycles. The molecule has 0 heteroatoms. The molecule has 0 saturated heterocycles. The highest BCUT2D eigenvalue weighted by atomic mass is 14.6. The van der Waals surface area contributed by atoms with Crippen molar-refractivity contribution in [3.05, 3.63) is 0 Å². The quantitative estimate of drug-likeness (QED) is 0.609. The minimum absolute atomic E-state index is 0.542. The number of hydrogen-bond acceptors (Lipinski definition) is 0. The summed E-state index contributed by atoms with van der Waals surface area (Å²) in [4.78, 5) is 0. The lowest BCUT2D eigenvalue weighted by Gasteiger charge is -2.44. The summed E-state index contributed by atoms with van der Waals surface area (Å²) < 4.78 is 0. The van der Waals surface area contributed by atoms with Crippen molar-refractivity contribution in [2.75, 3.05) is 0 Å². The summed E-state index contributed by atoms with van der Waals surface area (Å²) in [6.07, 6.45) is 2.77. The van der Waals surface area contributed by atoms with Gasteiger partial charge in [0.15, 0.2) is 0 Å². The zero-order valence-electron chi connectivity index (χ0n) is 11.1. The Labute approximate surface area is 90.5 Å². The summed E-state index contributed by atoms with van der Waals surface area (Å²) in [6.45, 7) is 17.0. The first-order valence-electron chi connectivity index (χ1n) is 6.29. The highest BCUT2D eigenvalue weighted by molar-refractivity contribution is 5.08. The lowest BCUT2D eigenvalue weighted by Crippen LogP contribution is -2.37. The maximum Gasteiger partial charge on any atom is -0.0241 e. The maximum absolute atomic E-state index is 2.52. The van der Waals surface area contributed by atoms with Crippen molar-refractivity contribution in [1.82, 2.24) is 0 Å². The van der Waals surface area contributed by atoms with E-state index in [0.717, 1.165) is 17.8 Å². The predicted octanol–water partition coefficient (Wildman–Crippen LogP) is 4.74. The third-order valence-corrected chi connectivity index (χ3v) is 5.70. The fraction of sp³-hybridized carbons (Fsp3) is 1.00. The highest BCUT2D eigenvalue weighted by Crippen LogP contribution is 2.67. The van der Waals surface area contributed by atoms with Crippen LogP contribution in [-0.4, -0.2) is 0 Å². The van der Waals surface area contributed by atoms with Gasteiger partial charge in [-0.05, 0) is 41.4 Å². The van der Waals surface area contributed by atoms with Crippen LogP contribution >= 0.6 is 0 Å². The Balaban J connectivity index is 2.87. The minimum Gasteiger partial charge on any atom is -0.0648 e. The predicted molar refractivity (Wildman–Crippen MR) is 64.3 cm³/mol. The van der Waals surface area contributed by atoms with E-state index >= 15 is 0 Å². The molecule has 0 nitrogen and oxygen atoms in total. The SMILES string of the molecule is CCC(C)(C(C)C(C)C)C1(C)CC1C. The average Bonchev–Trinajstić information content (AvgIpc) is 2.73. The van der Waals surface area contributed by atoms with E-state index in [2.05, 4.69) is 48.5 Å². The van der Waals surface area contributed by atoms with Crippen LogP contribution in [0.1, 0.15) is 61.3 Å². The van der Waals surface area contributed by atoms with Gasteiger partial charge < -0.3 is 0 Å². The van der Waals surface area contributed by atoms with Crippen LogP contribution in [0.15, 0.2) is 0 Å². The Morgan fingerprint density at radius 2 is 1.79 bits per heavy atom. The molecular formula is C14H28. The third-order valence-electron chi connectivity index (χ3n) is 5.70. The van der Waals surface area contributed by atoms with Crippen molar-refractivity contribution in [1.29, 1.82) is 0 Å². The zero-order chi connectivity index (χ0) is 11.1. The van der Waals surface area contributed by atoms with E-state index in [1.807, 2.05) is 0 Å². The minimum atomic E-state index is 0.542. The first kappa shape index (κ1) is 12.1. The molecule has 1 rings (SSSR count). The Kier molecular flexibility index (Phi) is 3.05. The van der Waals surface area contributed by atoms with Gasteiger partial charge in [0, 0.05) is 0 Å². The summed E-state index contributed by atoms with van der Waals surface area (Å²) in [5, 5.41) is 0. The monoisotopic (exact) mass is 196 g/mol. The molecule has 4 unspecified atom stereocenters. The fourth-order valence-electron chi connectivity index (χ4n) is 3.35. The summed E-state index contributed by atoms with van der Waals surface area (Å²) in [6, 6.07) is 0. The fourth-order valence-corrected chi connectivity index (χ4v) is 3.35. The first-order chi connectivity index (χ1) is 6.29. The molecular weight excluding hydrogens is 168 g/mol. The Bertz CT molecular complexity index is 206. The molecule has 0 amide bonds. The molecule has 0 aromatic carbocycles. The number of rotatable bonds is 4. The van der Waals surface area contributed by atoms with Gasteiger partial charge in [-0.3, -0.25) is 0 Å². The Hall–Kier alpha value is 0. The van der Waals surface area contributed by atoms with Crippen molar-refractivity contribution in [3.63, 3.8) is 0 Å². The van der Waals surface area contributed by atoms with E-state index in [9.17, 15) is 0 Å². The van der Waals surface area contributed by atoms with Gasteiger partial charge in [0.25, 0.3) is 0 Å². The normalized spacial score (nSPS) is 38.1. The topological polar surface area (TPSA) is 0 Å². The zero-order valence-corrected chi connectivity index (χ0v) is 11.1. The molecule has 0 heterocycles.